The number of carbonyl (C=O) groups is 1. The van der Waals surface area contributed by atoms with Gasteiger partial charge in [0.15, 0.2) is 4.21 Å². The number of thiophene rings is 1. The topological polar surface area (TPSA) is 83.5 Å². The summed E-state index contributed by atoms with van der Waals surface area (Å²) in [5.41, 5.74) is 0.926. The number of nitrogens with one attached hydrogen (secondary N) is 1. The van der Waals surface area contributed by atoms with E-state index in [0.717, 1.165) is 11.3 Å². The molecule has 0 saturated heterocycles. The van der Waals surface area contributed by atoms with Crippen molar-refractivity contribution in [3.63, 3.8) is 0 Å². The molecular formula is C12H10BrNO4S2. The van der Waals surface area contributed by atoms with Gasteiger partial charge in [0.2, 0.25) is 0 Å². The van der Waals surface area contributed by atoms with Gasteiger partial charge in [0.05, 0.1) is 11.3 Å². The first-order valence-electron chi connectivity index (χ1n) is 5.41. The lowest BCUT2D eigenvalue weighted by Gasteiger charge is -2.10. The van der Waals surface area contributed by atoms with Gasteiger partial charge >= 0.3 is 5.97 Å². The number of sulfonamides is 1. The van der Waals surface area contributed by atoms with E-state index in [9.17, 15) is 13.2 Å². The first kappa shape index (κ1) is 15.0. The second-order valence-corrected chi connectivity index (χ2v) is 7.64. The Kier molecular flexibility index (Phi) is 4.17. The molecule has 0 aliphatic rings. The summed E-state index contributed by atoms with van der Waals surface area (Å²) in [5.74, 6) is -1.11. The summed E-state index contributed by atoms with van der Waals surface area (Å²) in [5, 5.41) is 10.6. The van der Waals surface area contributed by atoms with Gasteiger partial charge in [-0.2, -0.15) is 0 Å². The summed E-state index contributed by atoms with van der Waals surface area (Å²) >= 11 is 4.25. The number of benzene rings is 1. The van der Waals surface area contributed by atoms with Crippen molar-refractivity contribution < 1.29 is 18.3 Å². The Morgan fingerprint density at radius 3 is 2.60 bits per heavy atom. The van der Waals surface area contributed by atoms with E-state index in [-0.39, 0.29) is 15.5 Å². The zero-order chi connectivity index (χ0) is 14.9. The van der Waals surface area contributed by atoms with Gasteiger partial charge in [-0.1, -0.05) is 6.07 Å². The summed E-state index contributed by atoms with van der Waals surface area (Å²) in [6.07, 6.45) is 0. The number of carboxylic acids is 1. The average Bonchev–Trinajstić information content (AvgIpc) is 2.78. The van der Waals surface area contributed by atoms with Crippen molar-refractivity contribution in [2.24, 2.45) is 0 Å². The van der Waals surface area contributed by atoms with Crippen LogP contribution in [0.25, 0.3) is 0 Å². The van der Waals surface area contributed by atoms with Crippen molar-refractivity contribution in [3.8, 4) is 0 Å². The number of anilines is 1. The number of aromatic carboxylic acids is 1. The highest BCUT2D eigenvalue weighted by atomic mass is 79.9. The van der Waals surface area contributed by atoms with E-state index in [0.29, 0.717) is 10.0 Å². The smallest absolute Gasteiger partial charge is 0.335 e. The lowest BCUT2D eigenvalue weighted by atomic mass is 10.1. The van der Waals surface area contributed by atoms with Gasteiger partial charge in [-0.05, 0) is 52.0 Å². The van der Waals surface area contributed by atoms with E-state index >= 15 is 0 Å². The molecule has 0 bridgehead atoms. The number of rotatable bonds is 4. The summed E-state index contributed by atoms with van der Waals surface area (Å²) in [7, 11) is -3.74. The molecule has 2 aromatic rings. The van der Waals surface area contributed by atoms with Crippen molar-refractivity contribution in [2.45, 2.75) is 11.1 Å². The van der Waals surface area contributed by atoms with Crippen LogP contribution in [0.3, 0.4) is 0 Å². The third-order valence-electron chi connectivity index (χ3n) is 2.56. The molecular weight excluding hydrogens is 366 g/mol. The molecule has 0 unspecified atom stereocenters. The van der Waals surface area contributed by atoms with Crippen LogP contribution < -0.4 is 4.72 Å². The molecule has 20 heavy (non-hydrogen) atoms. The van der Waals surface area contributed by atoms with Crippen LogP contribution >= 0.6 is 27.3 Å². The fourth-order valence-electron chi connectivity index (χ4n) is 1.53. The Morgan fingerprint density at radius 1 is 1.35 bits per heavy atom. The highest BCUT2D eigenvalue weighted by molar-refractivity contribution is 9.10. The molecule has 0 atom stereocenters. The number of carboxylic acid groups (broad SMARTS) is 1. The number of hydrogen-bond donors (Lipinski definition) is 2. The second-order valence-electron chi connectivity index (χ2n) is 4.00. The summed E-state index contributed by atoms with van der Waals surface area (Å²) in [6, 6.07) is 5.93. The highest BCUT2D eigenvalue weighted by Gasteiger charge is 2.20. The van der Waals surface area contributed by atoms with Crippen LogP contribution in [0.5, 0.6) is 0 Å². The highest BCUT2D eigenvalue weighted by Crippen LogP contribution is 2.30. The Labute approximate surface area is 128 Å². The lowest BCUT2D eigenvalue weighted by Crippen LogP contribution is -2.13. The molecule has 1 heterocycles. The molecule has 0 saturated carbocycles. The van der Waals surface area contributed by atoms with Crippen LogP contribution in [0, 0.1) is 6.92 Å². The molecule has 106 valence electrons. The third-order valence-corrected chi connectivity index (χ3v) is 6.59. The van der Waals surface area contributed by atoms with Crippen LogP contribution in [0.1, 0.15) is 15.9 Å². The second kappa shape index (κ2) is 5.55. The molecule has 0 amide bonds. The molecule has 0 radical (unpaired) electrons. The molecule has 2 rings (SSSR count). The van der Waals surface area contributed by atoms with Gasteiger partial charge in [0.1, 0.15) is 0 Å². The van der Waals surface area contributed by atoms with Crippen molar-refractivity contribution >= 4 is 48.9 Å². The molecule has 0 aliphatic heterocycles. The molecule has 1 aromatic carbocycles. The van der Waals surface area contributed by atoms with Gasteiger partial charge in [-0.15, -0.1) is 11.3 Å². The Bertz CT molecular complexity index is 768. The average molecular weight is 376 g/mol. The maximum atomic E-state index is 12.2. The number of hydrogen-bond acceptors (Lipinski definition) is 4. The van der Waals surface area contributed by atoms with E-state index in [2.05, 4.69) is 20.7 Å². The summed E-state index contributed by atoms with van der Waals surface area (Å²) in [4.78, 5) is 10.9. The van der Waals surface area contributed by atoms with Crippen molar-refractivity contribution in [1.82, 2.24) is 0 Å². The van der Waals surface area contributed by atoms with Crippen molar-refractivity contribution in [2.75, 3.05) is 4.72 Å². The van der Waals surface area contributed by atoms with E-state index in [1.165, 1.54) is 12.1 Å². The van der Waals surface area contributed by atoms with Gasteiger partial charge in [0, 0.05) is 4.47 Å². The molecule has 5 nitrogen and oxygen atoms in total. The van der Waals surface area contributed by atoms with Crippen molar-refractivity contribution in [1.29, 1.82) is 0 Å². The van der Waals surface area contributed by atoms with Crippen LogP contribution in [0.15, 0.2) is 38.3 Å². The quantitative estimate of drug-likeness (QED) is 0.858. The van der Waals surface area contributed by atoms with Gasteiger partial charge < -0.3 is 5.11 Å². The Hall–Kier alpha value is -1.38. The number of halogens is 1. The van der Waals surface area contributed by atoms with E-state index in [4.69, 9.17) is 5.11 Å². The third kappa shape index (κ3) is 3.02. The lowest BCUT2D eigenvalue weighted by molar-refractivity contribution is 0.0697. The summed E-state index contributed by atoms with van der Waals surface area (Å²) in [6.45, 7) is 1.70. The zero-order valence-electron chi connectivity index (χ0n) is 10.3. The first-order valence-corrected chi connectivity index (χ1v) is 8.56. The predicted octanol–water partition coefficient (Wildman–Crippen LogP) is 3.32. The SMILES string of the molecule is Cc1ccc(C(=O)O)cc1NS(=O)(=O)c1sccc1Br. The Balaban J connectivity index is 2.42. The summed E-state index contributed by atoms with van der Waals surface area (Å²) < 4.78 is 27.5. The fourth-order valence-corrected chi connectivity index (χ4v) is 4.99. The standard InChI is InChI=1S/C12H10BrNO4S2/c1-7-2-3-8(11(15)16)6-10(7)14-20(17,18)12-9(13)4-5-19-12/h2-6,14H,1H3,(H,15,16). The van der Waals surface area contributed by atoms with Crippen LogP contribution in [0.2, 0.25) is 0 Å². The molecule has 8 heteroatoms. The first-order chi connectivity index (χ1) is 9.31. The van der Waals surface area contributed by atoms with Crippen molar-refractivity contribution in [3.05, 3.63) is 45.2 Å². The van der Waals surface area contributed by atoms with Crippen LogP contribution in [-0.2, 0) is 10.0 Å². The number of aryl methyl sites for hydroxylation is 1. The maximum absolute atomic E-state index is 12.2. The minimum absolute atomic E-state index is 0.0264. The van der Waals surface area contributed by atoms with E-state index in [1.54, 1.807) is 24.4 Å². The molecule has 0 spiro atoms. The fraction of sp³-hybridized carbons (Fsp3) is 0.0833. The van der Waals surface area contributed by atoms with Gasteiger partial charge in [-0.25, -0.2) is 13.2 Å². The molecule has 2 N–H and O–H groups in total. The molecule has 1 aromatic heterocycles. The minimum Gasteiger partial charge on any atom is -0.478 e. The van der Waals surface area contributed by atoms with Gasteiger partial charge in [0.25, 0.3) is 10.0 Å². The monoisotopic (exact) mass is 375 g/mol. The maximum Gasteiger partial charge on any atom is 0.335 e. The Morgan fingerprint density at radius 2 is 2.05 bits per heavy atom. The van der Waals surface area contributed by atoms with Gasteiger partial charge in [-0.3, -0.25) is 4.72 Å². The zero-order valence-corrected chi connectivity index (χ0v) is 13.5. The largest absolute Gasteiger partial charge is 0.478 e. The van der Waals surface area contributed by atoms with Crippen LogP contribution in [0.4, 0.5) is 5.69 Å². The minimum atomic E-state index is -3.74. The van der Waals surface area contributed by atoms with E-state index in [1.807, 2.05) is 0 Å². The van der Waals surface area contributed by atoms with Crippen LogP contribution in [-0.4, -0.2) is 19.5 Å². The molecule has 0 fully saturated rings. The van der Waals surface area contributed by atoms with E-state index < -0.39 is 16.0 Å². The predicted molar refractivity (Wildman–Crippen MR) is 81.0 cm³/mol. The normalized spacial score (nSPS) is 11.3. The molecule has 0 aliphatic carbocycles.